The van der Waals surface area contributed by atoms with Crippen molar-refractivity contribution in [3.8, 4) is 0 Å². The zero-order valence-corrected chi connectivity index (χ0v) is 14.6. The molecule has 0 saturated carbocycles. The van der Waals surface area contributed by atoms with Crippen LogP contribution in [-0.2, 0) is 11.3 Å². The summed E-state index contributed by atoms with van der Waals surface area (Å²) in [5.41, 5.74) is 3.37. The van der Waals surface area contributed by atoms with Crippen molar-refractivity contribution in [2.24, 2.45) is 0 Å². The van der Waals surface area contributed by atoms with E-state index in [0.717, 1.165) is 31.0 Å². The van der Waals surface area contributed by atoms with Crippen LogP contribution >= 0.6 is 0 Å². The number of benzene rings is 1. The Hall–Kier alpha value is -1.98. The van der Waals surface area contributed by atoms with Gasteiger partial charge in [0.2, 0.25) is 0 Å². The molecule has 1 aliphatic rings. The van der Waals surface area contributed by atoms with Gasteiger partial charge in [-0.05, 0) is 38.5 Å². The minimum absolute atomic E-state index is 0.123. The van der Waals surface area contributed by atoms with Crippen LogP contribution < -0.4 is 5.32 Å². The van der Waals surface area contributed by atoms with Gasteiger partial charge in [-0.25, -0.2) is 0 Å². The van der Waals surface area contributed by atoms with Gasteiger partial charge in [0.05, 0.1) is 30.1 Å². The summed E-state index contributed by atoms with van der Waals surface area (Å²) < 4.78 is 5.81. The minimum atomic E-state index is 0.123. The van der Waals surface area contributed by atoms with Crippen molar-refractivity contribution in [2.45, 2.75) is 45.6 Å². The normalized spacial score (nSPS) is 23.0. The van der Waals surface area contributed by atoms with Gasteiger partial charge in [-0.3, -0.25) is 14.9 Å². The maximum absolute atomic E-state index is 5.81. The highest BCUT2D eigenvalue weighted by molar-refractivity contribution is 5.47. The van der Waals surface area contributed by atoms with Gasteiger partial charge in [-0.1, -0.05) is 12.1 Å². The predicted octanol–water partition coefficient (Wildman–Crippen LogP) is 3.26. The summed E-state index contributed by atoms with van der Waals surface area (Å²) in [5, 5.41) is 3.51. The van der Waals surface area contributed by atoms with Crippen LogP contribution in [0.25, 0.3) is 0 Å². The van der Waals surface area contributed by atoms with Gasteiger partial charge < -0.3 is 10.1 Å². The molecule has 2 heterocycles. The molecule has 1 aromatic carbocycles. The SMILES string of the molecule is C[C@@H]1CN(Cc2cccc(N[C@@H](C)c3cnccn3)c2)C[C@@H](C)O1. The summed E-state index contributed by atoms with van der Waals surface area (Å²) in [6.45, 7) is 9.30. The number of nitrogens with one attached hydrogen (secondary N) is 1. The summed E-state index contributed by atoms with van der Waals surface area (Å²) in [6.07, 6.45) is 5.82. The lowest BCUT2D eigenvalue weighted by Gasteiger charge is -2.35. The number of hydrogen-bond acceptors (Lipinski definition) is 5. The molecule has 3 atom stereocenters. The van der Waals surface area contributed by atoms with E-state index in [1.165, 1.54) is 5.56 Å². The molecule has 24 heavy (non-hydrogen) atoms. The van der Waals surface area contributed by atoms with Gasteiger partial charge in [0.1, 0.15) is 0 Å². The van der Waals surface area contributed by atoms with E-state index in [1.807, 2.05) is 0 Å². The second kappa shape index (κ2) is 7.73. The molecule has 1 saturated heterocycles. The number of morpholine rings is 1. The van der Waals surface area contributed by atoms with E-state index in [1.54, 1.807) is 18.6 Å². The Morgan fingerprint density at radius 3 is 2.75 bits per heavy atom. The van der Waals surface area contributed by atoms with Crippen LogP contribution in [-0.4, -0.2) is 40.2 Å². The van der Waals surface area contributed by atoms with Gasteiger partial charge in [0, 0.05) is 37.7 Å². The van der Waals surface area contributed by atoms with Crippen molar-refractivity contribution in [2.75, 3.05) is 18.4 Å². The molecule has 1 N–H and O–H groups in total. The van der Waals surface area contributed by atoms with Crippen LogP contribution in [0.15, 0.2) is 42.9 Å². The molecule has 0 spiro atoms. The van der Waals surface area contributed by atoms with Crippen LogP contribution in [0.2, 0.25) is 0 Å². The highest BCUT2D eigenvalue weighted by Crippen LogP contribution is 2.20. The lowest BCUT2D eigenvalue weighted by Crippen LogP contribution is -2.44. The third kappa shape index (κ3) is 4.52. The number of rotatable bonds is 5. The molecule has 0 radical (unpaired) electrons. The maximum Gasteiger partial charge on any atom is 0.0806 e. The first-order chi connectivity index (χ1) is 11.6. The van der Waals surface area contributed by atoms with Gasteiger partial charge >= 0.3 is 0 Å². The number of nitrogens with zero attached hydrogens (tertiary/aromatic N) is 3. The highest BCUT2D eigenvalue weighted by atomic mass is 16.5. The van der Waals surface area contributed by atoms with Crippen molar-refractivity contribution >= 4 is 5.69 Å². The summed E-state index contributed by atoms with van der Waals surface area (Å²) in [4.78, 5) is 11.0. The molecular formula is C19H26N4O. The Kier molecular flexibility index (Phi) is 5.43. The monoisotopic (exact) mass is 326 g/mol. The largest absolute Gasteiger partial charge is 0.377 e. The van der Waals surface area contributed by atoms with Gasteiger partial charge in [-0.2, -0.15) is 0 Å². The highest BCUT2D eigenvalue weighted by Gasteiger charge is 2.22. The number of aromatic nitrogens is 2. The van der Waals surface area contributed by atoms with E-state index in [2.05, 4.69) is 65.2 Å². The molecule has 0 unspecified atom stereocenters. The van der Waals surface area contributed by atoms with Crippen molar-refractivity contribution in [1.29, 1.82) is 0 Å². The molecule has 128 valence electrons. The Morgan fingerprint density at radius 2 is 2.04 bits per heavy atom. The lowest BCUT2D eigenvalue weighted by atomic mass is 10.1. The molecule has 1 aliphatic heterocycles. The molecule has 1 fully saturated rings. The van der Waals surface area contributed by atoms with E-state index in [-0.39, 0.29) is 6.04 Å². The zero-order chi connectivity index (χ0) is 16.9. The fraction of sp³-hybridized carbons (Fsp3) is 0.474. The molecule has 2 aromatic rings. The third-order valence-corrected chi connectivity index (χ3v) is 4.24. The minimum Gasteiger partial charge on any atom is -0.377 e. The number of ether oxygens (including phenoxy) is 1. The first-order valence-corrected chi connectivity index (χ1v) is 8.59. The van der Waals surface area contributed by atoms with Gasteiger partial charge in [0.15, 0.2) is 0 Å². The predicted molar refractivity (Wildman–Crippen MR) is 95.8 cm³/mol. The van der Waals surface area contributed by atoms with Crippen molar-refractivity contribution in [1.82, 2.24) is 14.9 Å². The molecule has 0 amide bonds. The molecule has 5 nitrogen and oxygen atoms in total. The summed E-state index contributed by atoms with van der Waals surface area (Å²) in [6, 6.07) is 8.73. The topological polar surface area (TPSA) is 50.3 Å². The Morgan fingerprint density at radius 1 is 1.25 bits per heavy atom. The quantitative estimate of drug-likeness (QED) is 0.914. The summed E-state index contributed by atoms with van der Waals surface area (Å²) in [7, 11) is 0. The molecule has 0 aliphatic carbocycles. The van der Waals surface area contributed by atoms with Crippen LogP contribution in [0.4, 0.5) is 5.69 Å². The Bertz CT molecular complexity index is 639. The van der Waals surface area contributed by atoms with E-state index in [4.69, 9.17) is 4.74 Å². The first-order valence-electron chi connectivity index (χ1n) is 8.59. The zero-order valence-electron chi connectivity index (χ0n) is 14.6. The first kappa shape index (κ1) is 16.9. The summed E-state index contributed by atoms with van der Waals surface area (Å²) >= 11 is 0. The van der Waals surface area contributed by atoms with Crippen LogP contribution in [0.1, 0.15) is 38.1 Å². The lowest BCUT2D eigenvalue weighted by molar-refractivity contribution is -0.0704. The molecule has 0 bridgehead atoms. The number of anilines is 1. The van der Waals surface area contributed by atoms with Crippen molar-refractivity contribution in [3.05, 3.63) is 54.1 Å². The number of hydrogen-bond donors (Lipinski definition) is 1. The van der Waals surface area contributed by atoms with E-state index in [0.29, 0.717) is 12.2 Å². The smallest absolute Gasteiger partial charge is 0.0806 e. The van der Waals surface area contributed by atoms with E-state index < -0.39 is 0 Å². The maximum atomic E-state index is 5.81. The Labute approximate surface area is 144 Å². The van der Waals surface area contributed by atoms with Gasteiger partial charge in [0.25, 0.3) is 0 Å². The van der Waals surface area contributed by atoms with Gasteiger partial charge in [-0.15, -0.1) is 0 Å². The van der Waals surface area contributed by atoms with Crippen molar-refractivity contribution < 1.29 is 4.74 Å². The summed E-state index contributed by atoms with van der Waals surface area (Å²) in [5.74, 6) is 0. The second-order valence-electron chi connectivity index (χ2n) is 6.65. The molecule has 1 aromatic heterocycles. The fourth-order valence-electron chi connectivity index (χ4n) is 3.29. The Balaban J connectivity index is 1.64. The van der Waals surface area contributed by atoms with E-state index >= 15 is 0 Å². The standard InChI is InChI=1S/C19H26N4O/c1-14-11-23(12-15(2)24-14)13-17-5-4-6-18(9-17)22-16(3)19-10-20-7-8-21-19/h4-10,14-16,22H,11-13H2,1-3H3/t14-,15-,16+/m1/s1. The molecule has 3 rings (SSSR count). The fourth-order valence-corrected chi connectivity index (χ4v) is 3.29. The van der Waals surface area contributed by atoms with Crippen LogP contribution in [0.3, 0.4) is 0 Å². The van der Waals surface area contributed by atoms with Crippen molar-refractivity contribution in [3.63, 3.8) is 0 Å². The second-order valence-corrected chi connectivity index (χ2v) is 6.65. The van der Waals surface area contributed by atoms with Crippen LogP contribution in [0.5, 0.6) is 0 Å². The molecular weight excluding hydrogens is 300 g/mol. The average Bonchev–Trinajstić information content (AvgIpc) is 2.55. The van der Waals surface area contributed by atoms with E-state index in [9.17, 15) is 0 Å². The average molecular weight is 326 g/mol. The third-order valence-electron chi connectivity index (χ3n) is 4.24. The molecule has 5 heteroatoms. The van der Waals surface area contributed by atoms with Crippen LogP contribution in [0, 0.1) is 0 Å².